The van der Waals surface area contributed by atoms with E-state index in [0.717, 1.165) is 0 Å². The lowest BCUT2D eigenvalue weighted by atomic mass is 9.99. The number of nitrogens with zero attached hydrogens (tertiary/aromatic N) is 5. The Labute approximate surface area is 181 Å². The Balaban J connectivity index is 1.79. The van der Waals surface area contributed by atoms with Gasteiger partial charge in [-0.05, 0) is 12.5 Å². The zero-order chi connectivity index (χ0) is 22.4. The fourth-order valence-corrected chi connectivity index (χ4v) is 3.43. The Kier molecular flexibility index (Phi) is 7.35. The molecule has 1 N–H and O–H groups in total. The molecule has 1 unspecified atom stereocenters. The lowest BCUT2D eigenvalue weighted by Crippen LogP contribution is -2.31. The van der Waals surface area contributed by atoms with Crippen LogP contribution in [0.25, 0.3) is 0 Å². The van der Waals surface area contributed by atoms with Gasteiger partial charge >= 0.3 is 0 Å². The van der Waals surface area contributed by atoms with E-state index in [4.69, 9.17) is 9.47 Å². The maximum atomic E-state index is 12.9. The second kappa shape index (κ2) is 10.2. The molecule has 1 aliphatic rings. The number of methoxy groups -OCH3 is 2. The Morgan fingerprint density at radius 1 is 1.23 bits per heavy atom. The molecule has 0 bridgehead atoms. The SMILES string of the molecule is COCCNC(=O)c1cnc(N(C)C)nc1C1CCN(C(=O)c2ccc(OC)nc2)C1. The Hall–Kier alpha value is -3.27. The lowest BCUT2D eigenvalue weighted by Gasteiger charge is -2.19. The third kappa shape index (κ3) is 5.26. The summed E-state index contributed by atoms with van der Waals surface area (Å²) in [7, 11) is 6.80. The number of ether oxygens (including phenoxy) is 2. The number of hydrogen-bond donors (Lipinski definition) is 1. The third-order valence-corrected chi connectivity index (χ3v) is 5.10. The molecule has 1 saturated heterocycles. The zero-order valence-electron chi connectivity index (χ0n) is 18.3. The molecule has 0 aromatic carbocycles. The number of carbonyl (C=O) groups is 2. The van der Waals surface area contributed by atoms with Crippen molar-refractivity contribution in [2.75, 3.05) is 59.5 Å². The summed E-state index contributed by atoms with van der Waals surface area (Å²) in [5.74, 6) is 0.553. The standard InChI is InChI=1S/C21H28N6O4/c1-26(2)21-24-12-16(19(28)22-8-10-30-3)18(25-21)15-7-9-27(13-15)20(29)14-5-6-17(31-4)23-11-14/h5-6,11-12,15H,7-10,13H2,1-4H3,(H,22,28). The van der Waals surface area contributed by atoms with E-state index in [1.807, 2.05) is 14.1 Å². The van der Waals surface area contributed by atoms with Gasteiger partial charge in [-0.25, -0.2) is 15.0 Å². The second-order valence-corrected chi connectivity index (χ2v) is 7.44. The molecule has 10 nitrogen and oxygen atoms in total. The van der Waals surface area contributed by atoms with E-state index >= 15 is 0 Å². The van der Waals surface area contributed by atoms with Gasteiger partial charge in [0.15, 0.2) is 0 Å². The predicted octanol–water partition coefficient (Wildman–Crippen LogP) is 0.952. The highest BCUT2D eigenvalue weighted by atomic mass is 16.5. The first-order valence-electron chi connectivity index (χ1n) is 10.0. The van der Waals surface area contributed by atoms with Crippen LogP contribution in [-0.2, 0) is 4.74 Å². The van der Waals surface area contributed by atoms with Crippen LogP contribution >= 0.6 is 0 Å². The Morgan fingerprint density at radius 3 is 2.68 bits per heavy atom. The summed E-state index contributed by atoms with van der Waals surface area (Å²) in [6.45, 7) is 1.85. The summed E-state index contributed by atoms with van der Waals surface area (Å²) in [5, 5.41) is 2.82. The molecule has 2 aromatic heterocycles. The average molecular weight is 428 g/mol. The van der Waals surface area contributed by atoms with Gasteiger partial charge in [-0.3, -0.25) is 9.59 Å². The topological polar surface area (TPSA) is 110 Å². The molecule has 3 rings (SSSR count). The van der Waals surface area contributed by atoms with Gasteiger partial charge in [0.2, 0.25) is 11.8 Å². The van der Waals surface area contributed by atoms with E-state index < -0.39 is 0 Å². The minimum atomic E-state index is -0.249. The highest BCUT2D eigenvalue weighted by molar-refractivity contribution is 5.96. The summed E-state index contributed by atoms with van der Waals surface area (Å²) in [4.78, 5) is 42.2. The van der Waals surface area contributed by atoms with Gasteiger partial charge < -0.3 is 24.6 Å². The summed E-state index contributed by atoms with van der Waals surface area (Å²) in [5.41, 5.74) is 1.57. The van der Waals surface area contributed by atoms with Crippen molar-refractivity contribution in [2.24, 2.45) is 0 Å². The first-order valence-corrected chi connectivity index (χ1v) is 10.0. The molecule has 2 aromatic rings. The number of anilines is 1. The third-order valence-electron chi connectivity index (χ3n) is 5.10. The van der Waals surface area contributed by atoms with Gasteiger partial charge in [0.25, 0.3) is 11.8 Å². The number of aromatic nitrogens is 3. The molecule has 1 atom stereocenters. The van der Waals surface area contributed by atoms with Crippen LogP contribution in [0.5, 0.6) is 5.88 Å². The molecule has 0 radical (unpaired) electrons. The molecule has 0 spiro atoms. The van der Waals surface area contributed by atoms with Crippen molar-refractivity contribution in [3.05, 3.63) is 41.3 Å². The molecular formula is C21H28N6O4. The molecule has 1 aliphatic heterocycles. The molecule has 0 saturated carbocycles. The van der Waals surface area contributed by atoms with Crippen molar-refractivity contribution in [1.29, 1.82) is 0 Å². The Morgan fingerprint density at radius 2 is 2.03 bits per heavy atom. The number of carbonyl (C=O) groups excluding carboxylic acids is 2. The van der Waals surface area contributed by atoms with Crippen molar-refractivity contribution in [3.63, 3.8) is 0 Å². The zero-order valence-corrected chi connectivity index (χ0v) is 18.3. The van der Waals surface area contributed by atoms with Crippen LogP contribution in [0.2, 0.25) is 0 Å². The van der Waals surface area contributed by atoms with Crippen LogP contribution in [0.15, 0.2) is 24.5 Å². The number of nitrogens with one attached hydrogen (secondary N) is 1. The fourth-order valence-electron chi connectivity index (χ4n) is 3.43. The van der Waals surface area contributed by atoms with Gasteiger partial charge in [0.1, 0.15) is 0 Å². The van der Waals surface area contributed by atoms with Crippen LogP contribution in [0, 0.1) is 0 Å². The smallest absolute Gasteiger partial charge is 0.255 e. The largest absolute Gasteiger partial charge is 0.481 e. The molecule has 31 heavy (non-hydrogen) atoms. The summed E-state index contributed by atoms with van der Waals surface area (Å²) in [6.07, 6.45) is 3.77. The molecule has 1 fully saturated rings. The predicted molar refractivity (Wildman–Crippen MR) is 115 cm³/mol. The van der Waals surface area contributed by atoms with E-state index in [1.165, 1.54) is 13.3 Å². The number of hydrogen-bond acceptors (Lipinski definition) is 8. The highest BCUT2D eigenvalue weighted by Gasteiger charge is 2.32. The number of rotatable bonds is 8. The fraction of sp³-hybridized carbons (Fsp3) is 0.476. The van der Waals surface area contributed by atoms with E-state index in [1.54, 1.807) is 35.2 Å². The maximum absolute atomic E-state index is 12.9. The second-order valence-electron chi connectivity index (χ2n) is 7.44. The van der Waals surface area contributed by atoms with Gasteiger partial charge in [-0.15, -0.1) is 0 Å². The number of pyridine rings is 1. The van der Waals surface area contributed by atoms with Crippen LogP contribution < -0.4 is 15.0 Å². The lowest BCUT2D eigenvalue weighted by molar-refractivity contribution is 0.0790. The van der Waals surface area contributed by atoms with Crippen molar-refractivity contribution >= 4 is 17.8 Å². The average Bonchev–Trinajstić information content (AvgIpc) is 3.28. The monoisotopic (exact) mass is 428 g/mol. The van der Waals surface area contributed by atoms with E-state index in [-0.39, 0.29) is 17.7 Å². The van der Waals surface area contributed by atoms with Gasteiger partial charge in [0, 0.05) is 65.2 Å². The number of likely N-dealkylation sites (tertiary alicyclic amines) is 1. The summed E-state index contributed by atoms with van der Waals surface area (Å²) >= 11 is 0. The Bertz CT molecular complexity index is 919. The number of amides is 2. The van der Waals surface area contributed by atoms with Crippen molar-refractivity contribution in [1.82, 2.24) is 25.2 Å². The van der Waals surface area contributed by atoms with E-state index in [0.29, 0.717) is 61.3 Å². The molecular weight excluding hydrogens is 400 g/mol. The quantitative estimate of drug-likeness (QED) is 0.619. The minimum absolute atomic E-state index is 0.0694. The van der Waals surface area contributed by atoms with Crippen LogP contribution in [-0.4, -0.2) is 86.2 Å². The maximum Gasteiger partial charge on any atom is 0.255 e. The van der Waals surface area contributed by atoms with Crippen LogP contribution in [0.1, 0.15) is 38.7 Å². The minimum Gasteiger partial charge on any atom is -0.481 e. The van der Waals surface area contributed by atoms with Crippen molar-refractivity contribution in [2.45, 2.75) is 12.3 Å². The highest BCUT2D eigenvalue weighted by Crippen LogP contribution is 2.30. The van der Waals surface area contributed by atoms with Crippen molar-refractivity contribution < 1.29 is 19.1 Å². The molecule has 3 heterocycles. The van der Waals surface area contributed by atoms with Gasteiger partial charge in [-0.2, -0.15) is 0 Å². The van der Waals surface area contributed by atoms with Gasteiger partial charge in [0.05, 0.1) is 30.5 Å². The molecule has 2 amide bonds. The molecule has 0 aliphatic carbocycles. The summed E-state index contributed by atoms with van der Waals surface area (Å²) in [6, 6.07) is 3.36. The normalized spacial score (nSPS) is 15.6. The van der Waals surface area contributed by atoms with E-state index in [9.17, 15) is 9.59 Å². The van der Waals surface area contributed by atoms with Crippen LogP contribution in [0.3, 0.4) is 0 Å². The molecule has 10 heteroatoms. The summed E-state index contributed by atoms with van der Waals surface area (Å²) < 4.78 is 10.0. The first kappa shape index (κ1) is 22.4. The first-order chi connectivity index (χ1) is 14.9. The van der Waals surface area contributed by atoms with Crippen molar-refractivity contribution in [3.8, 4) is 5.88 Å². The molecule has 166 valence electrons. The van der Waals surface area contributed by atoms with E-state index in [2.05, 4.69) is 20.3 Å². The van der Waals surface area contributed by atoms with Crippen LogP contribution in [0.4, 0.5) is 5.95 Å². The van der Waals surface area contributed by atoms with Gasteiger partial charge in [-0.1, -0.05) is 0 Å².